The molecule has 116 valence electrons. The molecule has 5 nitrogen and oxygen atoms in total. The van der Waals surface area contributed by atoms with Gasteiger partial charge in [0.2, 0.25) is 5.91 Å². The summed E-state index contributed by atoms with van der Waals surface area (Å²) in [4.78, 5) is 15.9. The van der Waals surface area contributed by atoms with E-state index in [4.69, 9.17) is 11.6 Å². The molecule has 1 aromatic heterocycles. The van der Waals surface area contributed by atoms with Crippen molar-refractivity contribution >= 4 is 23.2 Å². The second kappa shape index (κ2) is 7.07. The lowest BCUT2D eigenvalue weighted by Gasteiger charge is -2.07. The van der Waals surface area contributed by atoms with Crippen LogP contribution in [0, 0.1) is 0 Å². The lowest BCUT2D eigenvalue weighted by molar-refractivity contribution is -0.116. The van der Waals surface area contributed by atoms with Crippen LogP contribution in [0.3, 0.4) is 0 Å². The van der Waals surface area contributed by atoms with Crippen LogP contribution in [0.4, 0.5) is 5.69 Å². The first kappa shape index (κ1) is 15.2. The van der Waals surface area contributed by atoms with Crippen LogP contribution in [0.1, 0.15) is 12.0 Å². The van der Waals surface area contributed by atoms with E-state index in [1.165, 1.54) is 6.33 Å². The van der Waals surface area contributed by atoms with E-state index in [0.717, 1.165) is 16.9 Å². The topological polar surface area (TPSA) is 59.8 Å². The minimum absolute atomic E-state index is 0.0199. The number of hydrogen-bond donors (Lipinski definition) is 1. The molecular weight excluding hydrogens is 312 g/mol. The lowest BCUT2D eigenvalue weighted by Crippen LogP contribution is -2.12. The number of carbonyl (C=O) groups excluding carboxylic acids is 1. The van der Waals surface area contributed by atoms with Gasteiger partial charge >= 0.3 is 0 Å². The summed E-state index contributed by atoms with van der Waals surface area (Å²) >= 11 is 5.84. The van der Waals surface area contributed by atoms with Gasteiger partial charge in [-0.1, -0.05) is 23.7 Å². The Morgan fingerprint density at radius 3 is 2.48 bits per heavy atom. The van der Waals surface area contributed by atoms with Gasteiger partial charge in [0.05, 0.1) is 5.69 Å². The van der Waals surface area contributed by atoms with Crippen molar-refractivity contribution in [3.05, 3.63) is 71.8 Å². The average Bonchev–Trinajstić information content (AvgIpc) is 3.09. The number of nitrogens with one attached hydrogen (secondary N) is 1. The molecule has 1 amide bonds. The van der Waals surface area contributed by atoms with Crippen LogP contribution in [-0.4, -0.2) is 20.7 Å². The smallest absolute Gasteiger partial charge is 0.224 e. The van der Waals surface area contributed by atoms with Crippen molar-refractivity contribution in [1.29, 1.82) is 0 Å². The quantitative estimate of drug-likeness (QED) is 0.780. The fraction of sp³-hybridized carbons (Fsp3) is 0.118. The number of aryl methyl sites for hydroxylation is 1. The van der Waals surface area contributed by atoms with Gasteiger partial charge in [-0.05, 0) is 48.4 Å². The van der Waals surface area contributed by atoms with Crippen molar-refractivity contribution in [2.24, 2.45) is 0 Å². The number of amides is 1. The summed E-state index contributed by atoms with van der Waals surface area (Å²) in [5.41, 5.74) is 2.74. The molecule has 3 rings (SSSR count). The normalized spacial score (nSPS) is 10.5. The molecule has 0 radical (unpaired) electrons. The highest BCUT2D eigenvalue weighted by Crippen LogP contribution is 2.14. The highest BCUT2D eigenvalue weighted by Gasteiger charge is 2.04. The van der Waals surface area contributed by atoms with Gasteiger partial charge in [0, 0.05) is 17.1 Å². The fourth-order valence-electron chi connectivity index (χ4n) is 2.17. The molecule has 0 spiro atoms. The Hall–Kier alpha value is -2.66. The summed E-state index contributed by atoms with van der Waals surface area (Å²) in [7, 11) is 0. The minimum atomic E-state index is -0.0199. The van der Waals surface area contributed by atoms with Crippen molar-refractivity contribution in [1.82, 2.24) is 14.8 Å². The summed E-state index contributed by atoms with van der Waals surface area (Å²) in [6.45, 7) is 0. The fourth-order valence-corrected chi connectivity index (χ4v) is 2.30. The second-order valence-electron chi connectivity index (χ2n) is 5.06. The molecule has 0 atom stereocenters. The molecule has 0 saturated heterocycles. The standard InChI is InChI=1S/C17H15ClN4O/c18-14-4-1-13(2-5-14)3-10-17(23)21-15-6-8-16(9-7-15)22-12-19-11-20-22/h1-2,4-9,11-12H,3,10H2,(H,21,23). The summed E-state index contributed by atoms with van der Waals surface area (Å²) in [6, 6.07) is 15.0. The second-order valence-corrected chi connectivity index (χ2v) is 5.50. The molecule has 1 N–H and O–H groups in total. The van der Waals surface area contributed by atoms with E-state index < -0.39 is 0 Å². The first-order chi connectivity index (χ1) is 11.2. The molecule has 3 aromatic rings. The van der Waals surface area contributed by atoms with E-state index in [-0.39, 0.29) is 5.91 Å². The van der Waals surface area contributed by atoms with E-state index in [2.05, 4.69) is 15.4 Å². The van der Waals surface area contributed by atoms with Gasteiger partial charge in [0.1, 0.15) is 12.7 Å². The Kier molecular flexibility index (Phi) is 4.68. The molecule has 0 aliphatic heterocycles. The average molecular weight is 327 g/mol. The lowest BCUT2D eigenvalue weighted by atomic mass is 10.1. The number of aromatic nitrogens is 3. The number of hydrogen-bond acceptors (Lipinski definition) is 3. The van der Waals surface area contributed by atoms with Gasteiger partial charge < -0.3 is 5.32 Å². The van der Waals surface area contributed by atoms with Crippen molar-refractivity contribution in [2.75, 3.05) is 5.32 Å². The van der Waals surface area contributed by atoms with Gasteiger partial charge in [0.15, 0.2) is 0 Å². The summed E-state index contributed by atoms with van der Waals surface area (Å²) in [5.74, 6) is -0.0199. The summed E-state index contributed by atoms with van der Waals surface area (Å²) in [5, 5.41) is 7.64. The highest BCUT2D eigenvalue weighted by atomic mass is 35.5. The third-order valence-corrected chi connectivity index (χ3v) is 3.64. The maximum atomic E-state index is 12.0. The van der Waals surface area contributed by atoms with Crippen LogP contribution in [0.15, 0.2) is 61.2 Å². The van der Waals surface area contributed by atoms with E-state index in [0.29, 0.717) is 17.9 Å². The van der Waals surface area contributed by atoms with Crippen LogP contribution >= 0.6 is 11.6 Å². The van der Waals surface area contributed by atoms with Crippen LogP contribution < -0.4 is 5.32 Å². The summed E-state index contributed by atoms with van der Waals surface area (Å²) in [6.07, 6.45) is 4.21. The molecule has 0 fully saturated rings. The number of anilines is 1. The van der Waals surface area contributed by atoms with Gasteiger partial charge in [-0.3, -0.25) is 4.79 Å². The largest absolute Gasteiger partial charge is 0.326 e. The van der Waals surface area contributed by atoms with Crippen LogP contribution in [0.25, 0.3) is 5.69 Å². The van der Waals surface area contributed by atoms with Gasteiger partial charge in [-0.2, -0.15) is 5.10 Å². The molecule has 0 aliphatic rings. The number of nitrogens with zero attached hydrogens (tertiary/aromatic N) is 3. The Bertz CT molecular complexity index is 767. The predicted molar refractivity (Wildman–Crippen MR) is 89.8 cm³/mol. The zero-order valence-electron chi connectivity index (χ0n) is 12.3. The van der Waals surface area contributed by atoms with E-state index in [9.17, 15) is 4.79 Å². The Labute approximate surface area is 138 Å². The van der Waals surface area contributed by atoms with E-state index in [1.54, 1.807) is 11.0 Å². The summed E-state index contributed by atoms with van der Waals surface area (Å²) < 4.78 is 1.66. The van der Waals surface area contributed by atoms with Gasteiger partial charge in [0.25, 0.3) is 0 Å². The number of halogens is 1. The third-order valence-electron chi connectivity index (χ3n) is 3.39. The maximum absolute atomic E-state index is 12.0. The van der Waals surface area contributed by atoms with Crippen molar-refractivity contribution in [3.63, 3.8) is 0 Å². The molecule has 0 saturated carbocycles. The van der Waals surface area contributed by atoms with E-state index >= 15 is 0 Å². The maximum Gasteiger partial charge on any atom is 0.224 e. The SMILES string of the molecule is O=C(CCc1ccc(Cl)cc1)Nc1ccc(-n2cncn2)cc1. The number of carbonyl (C=O) groups is 1. The van der Waals surface area contributed by atoms with Crippen LogP contribution in [0.2, 0.25) is 5.02 Å². The molecule has 0 unspecified atom stereocenters. The Morgan fingerprint density at radius 2 is 1.83 bits per heavy atom. The molecular formula is C17H15ClN4O. The molecule has 2 aromatic carbocycles. The molecule has 23 heavy (non-hydrogen) atoms. The number of rotatable bonds is 5. The molecule has 6 heteroatoms. The van der Waals surface area contributed by atoms with Crippen molar-refractivity contribution < 1.29 is 4.79 Å². The van der Waals surface area contributed by atoms with Gasteiger partial charge in [-0.15, -0.1) is 0 Å². The van der Waals surface area contributed by atoms with Crippen LogP contribution in [0.5, 0.6) is 0 Å². The monoisotopic (exact) mass is 326 g/mol. The van der Waals surface area contributed by atoms with Gasteiger partial charge in [-0.25, -0.2) is 9.67 Å². The zero-order valence-corrected chi connectivity index (χ0v) is 13.1. The first-order valence-electron chi connectivity index (χ1n) is 7.20. The Morgan fingerprint density at radius 1 is 1.09 bits per heavy atom. The highest BCUT2D eigenvalue weighted by molar-refractivity contribution is 6.30. The molecule has 1 heterocycles. The molecule has 0 aliphatic carbocycles. The third kappa shape index (κ3) is 4.17. The van der Waals surface area contributed by atoms with E-state index in [1.807, 2.05) is 48.5 Å². The number of benzene rings is 2. The Balaban J connectivity index is 1.54. The minimum Gasteiger partial charge on any atom is -0.326 e. The van der Waals surface area contributed by atoms with Crippen LogP contribution in [-0.2, 0) is 11.2 Å². The van der Waals surface area contributed by atoms with Crippen molar-refractivity contribution in [2.45, 2.75) is 12.8 Å². The predicted octanol–water partition coefficient (Wildman–Crippen LogP) is 3.49. The first-order valence-corrected chi connectivity index (χ1v) is 7.58. The van der Waals surface area contributed by atoms with Crippen molar-refractivity contribution in [3.8, 4) is 5.69 Å². The zero-order chi connectivity index (χ0) is 16.1. The molecule has 0 bridgehead atoms.